The highest BCUT2D eigenvalue weighted by Gasteiger charge is 2.52. The quantitative estimate of drug-likeness (QED) is 0.739. The lowest BCUT2D eigenvalue weighted by molar-refractivity contribution is 0.131. The van der Waals surface area contributed by atoms with E-state index in [0.717, 1.165) is 24.8 Å². The van der Waals surface area contributed by atoms with Crippen molar-refractivity contribution < 1.29 is 14.1 Å². The number of nitrogens with one attached hydrogen (secondary N) is 2. The molecule has 0 unspecified atom stereocenters. The molecular weight excluding hydrogens is 324 g/mol. The van der Waals surface area contributed by atoms with Crippen LogP contribution in [-0.2, 0) is 22.7 Å². The van der Waals surface area contributed by atoms with Crippen molar-refractivity contribution in [3.8, 4) is 0 Å². The highest BCUT2D eigenvalue weighted by Crippen LogP contribution is 2.40. The Kier molecular flexibility index (Phi) is 6.17. The first kappa shape index (κ1) is 19.1. The molecule has 6 heteroatoms. The summed E-state index contributed by atoms with van der Waals surface area (Å²) in [6.45, 7) is 8.09. The van der Waals surface area contributed by atoms with Gasteiger partial charge in [-0.15, -0.1) is 4.72 Å². The van der Waals surface area contributed by atoms with E-state index in [1.165, 1.54) is 0 Å². The van der Waals surface area contributed by atoms with Crippen LogP contribution in [0.25, 0.3) is 0 Å². The monoisotopic (exact) mass is 352 g/mol. The highest BCUT2D eigenvalue weighted by atomic mass is 32.2. The summed E-state index contributed by atoms with van der Waals surface area (Å²) in [5.41, 5.74) is 0.611. The molecule has 0 aromatic heterocycles. The molecule has 1 aliphatic carbocycles. The zero-order valence-electron chi connectivity index (χ0n) is 14.9. The van der Waals surface area contributed by atoms with Crippen LogP contribution in [0.4, 0.5) is 4.79 Å². The van der Waals surface area contributed by atoms with Gasteiger partial charge in [0.05, 0.1) is 11.6 Å². The molecule has 2 atom stereocenters. The van der Waals surface area contributed by atoms with Crippen LogP contribution >= 0.6 is 0 Å². The molecule has 1 fully saturated rings. The molecule has 1 aliphatic rings. The van der Waals surface area contributed by atoms with Crippen LogP contribution in [0, 0.1) is 0 Å². The Morgan fingerprint density at radius 1 is 1.33 bits per heavy atom. The summed E-state index contributed by atoms with van der Waals surface area (Å²) in [5, 5.41) is 2.99. The predicted octanol–water partition coefficient (Wildman–Crippen LogP) is 3.28. The van der Waals surface area contributed by atoms with E-state index >= 15 is 0 Å². The lowest BCUT2D eigenvalue weighted by Gasteiger charge is -2.32. The van der Waals surface area contributed by atoms with E-state index in [0.29, 0.717) is 0 Å². The second-order valence-electron chi connectivity index (χ2n) is 7.30. The number of hydrogen-bond acceptors (Lipinski definition) is 4. The van der Waals surface area contributed by atoms with Crippen molar-refractivity contribution in [2.24, 2.45) is 0 Å². The van der Waals surface area contributed by atoms with Gasteiger partial charge in [-0.25, -0.2) is 4.79 Å². The molecule has 2 rings (SSSR count). The molecule has 0 saturated heterocycles. The second-order valence-corrected chi connectivity index (χ2v) is 9.30. The molecule has 1 amide bonds. The Hall–Kier alpha value is -1.24. The topological polar surface area (TPSA) is 73.4 Å². The fourth-order valence-corrected chi connectivity index (χ4v) is 3.55. The van der Waals surface area contributed by atoms with E-state index in [1.807, 2.05) is 58.0 Å². The van der Waals surface area contributed by atoms with E-state index < -0.39 is 17.5 Å². The van der Waals surface area contributed by atoms with E-state index in [1.54, 1.807) is 0 Å². The Morgan fingerprint density at radius 2 is 1.96 bits per heavy atom. The summed E-state index contributed by atoms with van der Waals surface area (Å²) in [7, 11) is 0. The van der Waals surface area contributed by atoms with E-state index in [4.69, 9.17) is 4.74 Å². The molecule has 0 aliphatic heterocycles. The van der Waals surface area contributed by atoms with Gasteiger partial charge >= 0.3 is 6.09 Å². The fraction of sp³-hybridized carbons (Fsp3) is 0.611. The molecule has 0 spiro atoms. The number of rotatable bonds is 7. The van der Waals surface area contributed by atoms with Gasteiger partial charge in [-0.05, 0) is 45.6 Å². The van der Waals surface area contributed by atoms with E-state index in [2.05, 4.69) is 10.0 Å². The lowest BCUT2D eigenvalue weighted by Crippen LogP contribution is -2.56. The maximum absolute atomic E-state index is 12.4. The van der Waals surface area contributed by atoms with Gasteiger partial charge in [0.2, 0.25) is 0 Å². The Morgan fingerprint density at radius 3 is 2.46 bits per heavy atom. The summed E-state index contributed by atoms with van der Waals surface area (Å²) in [6, 6.07) is 9.57. The van der Waals surface area contributed by atoms with Gasteiger partial charge in [-0.2, -0.15) is 0 Å². The van der Waals surface area contributed by atoms with Crippen molar-refractivity contribution in [3.63, 3.8) is 0 Å². The third kappa shape index (κ3) is 5.13. The standard InChI is InChI=1S/C18H28N2O3S/c1-5-15(20-24(22)17(2,3)4)18(11-12-18)19-16(21)23-13-14-9-7-6-8-10-14/h6-10,15,20H,5,11-13H2,1-4H3,(H,19,21)/t15-,24-/m0/s1. The van der Waals surface area contributed by atoms with Gasteiger partial charge in [-0.1, -0.05) is 37.3 Å². The van der Waals surface area contributed by atoms with Crippen LogP contribution in [0.15, 0.2) is 30.3 Å². The van der Waals surface area contributed by atoms with E-state index in [-0.39, 0.29) is 22.9 Å². The third-order valence-electron chi connectivity index (χ3n) is 4.23. The van der Waals surface area contributed by atoms with Gasteiger partial charge in [0.1, 0.15) is 11.4 Å². The summed E-state index contributed by atoms with van der Waals surface area (Å²) in [6.07, 6.45) is 2.12. The minimum atomic E-state index is -1.16. The van der Waals surface area contributed by atoms with Crippen molar-refractivity contribution in [1.29, 1.82) is 0 Å². The SMILES string of the molecule is CC[C@H](N[S@@+]([O-])C(C)(C)C)C1(NC(=O)OCc2ccccc2)CC1. The minimum absolute atomic E-state index is 0.0261. The van der Waals surface area contributed by atoms with Gasteiger partial charge in [0, 0.05) is 11.4 Å². The van der Waals surface area contributed by atoms with E-state index in [9.17, 15) is 9.35 Å². The first-order valence-electron chi connectivity index (χ1n) is 8.44. The van der Waals surface area contributed by atoms with Gasteiger partial charge in [-0.3, -0.25) is 0 Å². The molecule has 5 nitrogen and oxygen atoms in total. The van der Waals surface area contributed by atoms with Crippen LogP contribution in [0.5, 0.6) is 0 Å². The normalized spacial score (nSPS) is 18.5. The first-order chi connectivity index (χ1) is 11.3. The number of carbonyl (C=O) groups excluding carboxylic acids is 1. The van der Waals surface area contributed by atoms with Crippen LogP contribution in [0.1, 0.15) is 52.5 Å². The Labute approximate surface area is 147 Å². The molecule has 0 heterocycles. The van der Waals surface area contributed by atoms with Crippen LogP contribution < -0.4 is 10.0 Å². The predicted molar refractivity (Wildman–Crippen MR) is 96.8 cm³/mol. The number of hydrogen-bond donors (Lipinski definition) is 2. The molecule has 0 radical (unpaired) electrons. The van der Waals surface area contributed by atoms with Gasteiger partial charge in [0.25, 0.3) is 0 Å². The molecule has 24 heavy (non-hydrogen) atoms. The van der Waals surface area contributed by atoms with Crippen LogP contribution in [0.3, 0.4) is 0 Å². The summed E-state index contributed by atoms with van der Waals surface area (Å²) >= 11 is -1.16. The smallest absolute Gasteiger partial charge is 0.407 e. The number of carbonyl (C=O) groups is 1. The van der Waals surface area contributed by atoms with Crippen molar-refractivity contribution in [3.05, 3.63) is 35.9 Å². The molecule has 2 N–H and O–H groups in total. The lowest BCUT2D eigenvalue weighted by atomic mass is 10.1. The summed E-state index contributed by atoms with van der Waals surface area (Å²) in [5.74, 6) is 0. The molecular formula is C18H28N2O3S. The minimum Gasteiger partial charge on any atom is -0.598 e. The average molecular weight is 353 g/mol. The average Bonchev–Trinajstić information content (AvgIpc) is 3.30. The molecule has 1 aromatic rings. The summed E-state index contributed by atoms with van der Waals surface area (Å²) in [4.78, 5) is 12.1. The molecule has 0 bridgehead atoms. The van der Waals surface area contributed by atoms with Crippen molar-refractivity contribution in [1.82, 2.24) is 10.0 Å². The zero-order chi connectivity index (χ0) is 17.8. The highest BCUT2D eigenvalue weighted by molar-refractivity contribution is 7.90. The number of benzene rings is 1. The molecule has 1 saturated carbocycles. The molecule has 1 aromatic carbocycles. The number of alkyl carbamates (subject to hydrolysis) is 1. The Balaban J connectivity index is 1.88. The van der Waals surface area contributed by atoms with Crippen molar-refractivity contribution >= 4 is 17.5 Å². The maximum atomic E-state index is 12.4. The van der Waals surface area contributed by atoms with Gasteiger partial charge < -0.3 is 14.6 Å². The number of amides is 1. The van der Waals surface area contributed by atoms with Crippen molar-refractivity contribution in [2.75, 3.05) is 0 Å². The number of ether oxygens (including phenoxy) is 1. The second kappa shape index (κ2) is 7.76. The zero-order valence-corrected chi connectivity index (χ0v) is 15.7. The van der Waals surface area contributed by atoms with Gasteiger partial charge in [0.15, 0.2) is 0 Å². The fourth-order valence-electron chi connectivity index (χ4n) is 2.55. The van der Waals surface area contributed by atoms with Crippen LogP contribution in [-0.4, -0.2) is 27.0 Å². The van der Waals surface area contributed by atoms with Crippen LogP contribution in [0.2, 0.25) is 0 Å². The first-order valence-corrected chi connectivity index (χ1v) is 9.59. The molecule has 134 valence electrons. The largest absolute Gasteiger partial charge is 0.598 e. The maximum Gasteiger partial charge on any atom is 0.407 e. The third-order valence-corrected chi connectivity index (χ3v) is 5.84. The summed E-state index contributed by atoms with van der Waals surface area (Å²) < 4.78 is 20.5. The van der Waals surface area contributed by atoms with Crippen molar-refractivity contribution in [2.45, 2.75) is 69.9 Å². The Bertz CT molecular complexity index is 541.